The molecule has 2 rings (SSSR count). The highest BCUT2D eigenvalue weighted by atomic mass is 19.1. The van der Waals surface area contributed by atoms with Gasteiger partial charge in [-0.25, -0.2) is 4.39 Å². The molecule has 1 aliphatic heterocycles. The Hall–Kier alpha value is -1.09. The number of rotatable bonds is 4. The molecule has 0 saturated carbocycles. The summed E-state index contributed by atoms with van der Waals surface area (Å²) >= 11 is 0. The van der Waals surface area contributed by atoms with Crippen LogP contribution in [0.4, 0.5) is 10.1 Å². The Labute approximate surface area is 116 Å². The van der Waals surface area contributed by atoms with Gasteiger partial charge in [0.15, 0.2) is 0 Å². The molecule has 1 N–H and O–H groups in total. The van der Waals surface area contributed by atoms with Crippen LogP contribution in [0.3, 0.4) is 0 Å². The van der Waals surface area contributed by atoms with Gasteiger partial charge < -0.3 is 10.2 Å². The molecular weight excluding hydrogens is 239 g/mol. The number of halogens is 1. The Morgan fingerprint density at radius 3 is 2.74 bits per heavy atom. The molecule has 0 amide bonds. The number of piperidine rings is 1. The second-order valence-corrected chi connectivity index (χ2v) is 6.20. The number of hydrogen-bond acceptors (Lipinski definition) is 2. The van der Waals surface area contributed by atoms with Crippen LogP contribution in [0.15, 0.2) is 24.3 Å². The molecule has 0 aromatic heterocycles. The van der Waals surface area contributed by atoms with Crippen LogP contribution >= 0.6 is 0 Å². The smallest absolute Gasteiger partial charge is 0.146 e. The minimum Gasteiger partial charge on any atom is -0.367 e. The van der Waals surface area contributed by atoms with Crippen molar-refractivity contribution in [3.05, 3.63) is 30.1 Å². The molecular formula is C16H25FN2. The number of hydrogen-bond donors (Lipinski definition) is 1. The molecule has 106 valence electrons. The molecule has 2 nitrogen and oxygen atoms in total. The third kappa shape index (κ3) is 3.93. The van der Waals surface area contributed by atoms with Gasteiger partial charge in [0.05, 0.1) is 5.69 Å². The Morgan fingerprint density at radius 1 is 1.32 bits per heavy atom. The van der Waals surface area contributed by atoms with Gasteiger partial charge in [0, 0.05) is 19.1 Å². The second kappa shape index (κ2) is 6.38. The Kier molecular flexibility index (Phi) is 4.81. The van der Waals surface area contributed by atoms with E-state index in [4.69, 9.17) is 0 Å². The summed E-state index contributed by atoms with van der Waals surface area (Å²) in [5, 5.41) is 3.61. The zero-order valence-electron chi connectivity index (χ0n) is 12.2. The predicted molar refractivity (Wildman–Crippen MR) is 79.0 cm³/mol. The summed E-state index contributed by atoms with van der Waals surface area (Å²) in [6.07, 6.45) is 1.18. The summed E-state index contributed by atoms with van der Waals surface area (Å²) in [6.45, 7) is 9.56. The standard InChI is InChI=1S/C16H25FN2/c1-12(2)9-18-14-8-13(3)10-19(11-14)16-7-5-4-6-15(16)17/h4-7,12-14,18H,8-11H2,1-3H3. The lowest BCUT2D eigenvalue weighted by atomic mass is 9.95. The maximum atomic E-state index is 13.9. The number of nitrogens with one attached hydrogen (secondary N) is 1. The van der Waals surface area contributed by atoms with Gasteiger partial charge in [0.1, 0.15) is 5.82 Å². The minimum absolute atomic E-state index is 0.112. The zero-order valence-corrected chi connectivity index (χ0v) is 12.2. The average molecular weight is 264 g/mol. The van der Waals surface area contributed by atoms with E-state index in [1.54, 1.807) is 12.1 Å². The summed E-state index contributed by atoms with van der Waals surface area (Å²) in [5.41, 5.74) is 0.741. The van der Waals surface area contributed by atoms with E-state index in [2.05, 4.69) is 31.0 Å². The molecule has 19 heavy (non-hydrogen) atoms. The molecule has 2 atom stereocenters. The molecule has 1 aromatic carbocycles. The summed E-state index contributed by atoms with van der Waals surface area (Å²) in [4.78, 5) is 2.18. The van der Waals surface area contributed by atoms with Crippen LogP contribution in [0.25, 0.3) is 0 Å². The lowest BCUT2D eigenvalue weighted by Gasteiger charge is -2.38. The van der Waals surface area contributed by atoms with E-state index in [0.717, 1.165) is 25.3 Å². The molecule has 1 aromatic rings. The van der Waals surface area contributed by atoms with Crippen LogP contribution in [-0.2, 0) is 0 Å². The Morgan fingerprint density at radius 2 is 2.05 bits per heavy atom. The fourth-order valence-corrected chi connectivity index (χ4v) is 2.81. The van der Waals surface area contributed by atoms with Crippen molar-refractivity contribution in [3.8, 4) is 0 Å². The fourth-order valence-electron chi connectivity index (χ4n) is 2.81. The molecule has 1 aliphatic rings. The van der Waals surface area contributed by atoms with Gasteiger partial charge >= 0.3 is 0 Å². The molecule has 0 aliphatic carbocycles. The molecule has 3 heteroatoms. The first-order valence-electron chi connectivity index (χ1n) is 7.29. The van der Waals surface area contributed by atoms with E-state index in [1.165, 1.54) is 6.42 Å². The van der Waals surface area contributed by atoms with Crippen molar-refractivity contribution in [3.63, 3.8) is 0 Å². The summed E-state index contributed by atoms with van der Waals surface area (Å²) in [5.74, 6) is 1.14. The first kappa shape index (κ1) is 14.3. The maximum Gasteiger partial charge on any atom is 0.146 e. The second-order valence-electron chi connectivity index (χ2n) is 6.20. The molecule has 2 unspecified atom stereocenters. The molecule has 0 radical (unpaired) electrons. The monoisotopic (exact) mass is 264 g/mol. The van der Waals surface area contributed by atoms with Crippen LogP contribution < -0.4 is 10.2 Å². The largest absolute Gasteiger partial charge is 0.367 e. The lowest BCUT2D eigenvalue weighted by molar-refractivity contribution is 0.338. The van der Waals surface area contributed by atoms with Gasteiger partial charge in [0.25, 0.3) is 0 Å². The van der Waals surface area contributed by atoms with Gasteiger partial charge in [-0.05, 0) is 36.9 Å². The molecule has 0 spiro atoms. The maximum absolute atomic E-state index is 13.9. The van der Waals surface area contributed by atoms with Crippen LogP contribution in [-0.4, -0.2) is 25.7 Å². The summed E-state index contributed by atoms with van der Waals surface area (Å²) in [7, 11) is 0. The highest BCUT2D eigenvalue weighted by Crippen LogP contribution is 2.25. The predicted octanol–water partition coefficient (Wildman–Crippen LogP) is 3.29. The van der Waals surface area contributed by atoms with Gasteiger partial charge in [-0.2, -0.15) is 0 Å². The SMILES string of the molecule is CC(C)CNC1CC(C)CN(c2ccccc2F)C1. The third-order valence-corrected chi connectivity index (χ3v) is 3.67. The van der Waals surface area contributed by atoms with Crippen LogP contribution in [0.5, 0.6) is 0 Å². The van der Waals surface area contributed by atoms with Crippen molar-refractivity contribution in [1.29, 1.82) is 0 Å². The molecule has 1 saturated heterocycles. The topological polar surface area (TPSA) is 15.3 Å². The van der Waals surface area contributed by atoms with Gasteiger partial charge in [-0.15, -0.1) is 0 Å². The van der Waals surface area contributed by atoms with E-state index in [1.807, 2.05) is 12.1 Å². The quantitative estimate of drug-likeness (QED) is 0.897. The van der Waals surface area contributed by atoms with E-state index in [-0.39, 0.29) is 5.82 Å². The molecule has 1 heterocycles. The third-order valence-electron chi connectivity index (χ3n) is 3.67. The highest BCUT2D eigenvalue weighted by molar-refractivity contribution is 5.48. The van der Waals surface area contributed by atoms with Crippen LogP contribution in [0, 0.1) is 17.7 Å². The van der Waals surface area contributed by atoms with Crippen molar-refractivity contribution >= 4 is 5.69 Å². The van der Waals surface area contributed by atoms with E-state index in [0.29, 0.717) is 17.9 Å². The average Bonchev–Trinajstić information content (AvgIpc) is 2.36. The van der Waals surface area contributed by atoms with Crippen LogP contribution in [0.2, 0.25) is 0 Å². The number of anilines is 1. The van der Waals surface area contributed by atoms with Crippen molar-refractivity contribution in [2.24, 2.45) is 11.8 Å². The number of benzene rings is 1. The number of para-hydroxylation sites is 1. The number of nitrogens with zero attached hydrogens (tertiary/aromatic N) is 1. The lowest BCUT2D eigenvalue weighted by Crippen LogP contribution is -2.49. The van der Waals surface area contributed by atoms with Gasteiger partial charge in [0.2, 0.25) is 0 Å². The van der Waals surface area contributed by atoms with Crippen molar-refractivity contribution < 1.29 is 4.39 Å². The normalized spacial score (nSPS) is 23.9. The summed E-state index contributed by atoms with van der Waals surface area (Å²) < 4.78 is 13.9. The van der Waals surface area contributed by atoms with E-state index in [9.17, 15) is 4.39 Å². The van der Waals surface area contributed by atoms with E-state index < -0.39 is 0 Å². The van der Waals surface area contributed by atoms with Gasteiger partial charge in [-0.3, -0.25) is 0 Å². The highest BCUT2D eigenvalue weighted by Gasteiger charge is 2.25. The van der Waals surface area contributed by atoms with E-state index >= 15 is 0 Å². The Balaban J connectivity index is 2.03. The first-order valence-corrected chi connectivity index (χ1v) is 7.29. The fraction of sp³-hybridized carbons (Fsp3) is 0.625. The van der Waals surface area contributed by atoms with Crippen molar-refractivity contribution in [1.82, 2.24) is 5.32 Å². The minimum atomic E-state index is -0.112. The first-order chi connectivity index (χ1) is 9.06. The Bertz CT molecular complexity index is 405. The van der Waals surface area contributed by atoms with Crippen LogP contribution in [0.1, 0.15) is 27.2 Å². The zero-order chi connectivity index (χ0) is 13.8. The van der Waals surface area contributed by atoms with Crippen molar-refractivity contribution in [2.45, 2.75) is 33.2 Å². The molecule has 0 bridgehead atoms. The van der Waals surface area contributed by atoms with Crippen molar-refractivity contribution in [2.75, 3.05) is 24.5 Å². The molecule has 1 fully saturated rings. The van der Waals surface area contributed by atoms with Gasteiger partial charge in [-0.1, -0.05) is 32.9 Å². The summed E-state index contributed by atoms with van der Waals surface area (Å²) in [6, 6.07) is 7.55.